The lowest BCUT2D eigenvalue weighted by molar-refractivity contribution is -0.139. The van der Waals surface area contributed by atoms with Crippen molar-refractivity contribution in [2.24, 2.45) is 0 Å². The summed E-state index contributed by atoms with van der Waals surface area (Å²) in [5, 5.41) is 10.9. The van der Waals surface area contributed by atoms with Crippen LogP contribution in [0.4, 0.5) is 0 Å². The predicted molar refractivity (Wildman–Crippen MR) is 111 cm³/mol. The van der Waals surface area contributed by atoms with E-state index in [2.05, 4.69) is 20.9 Å². The number of aromatic nitrogens is 1. The molecule has 1 atom stereocenters. The molecule has 0 aliphatic carbocycles. The number of Topliss-reactive ketones (excluding diaryl/α,β-unsaturated/α-hetero) is 1. The zero-order valence-electron chi connectivity index (χ0n) is 15.8. The molecule has 2 heterocycles. The third-order valence-corrected chi connectivity index (χ3v) is 5.16. The van der Waals surface area contributed by atoms with E-state index in [9.17, 15) is 14.7 Å². The lowest BCUT2D eigenvalue weighted by atomic mass is 9.95. The van der Waals surface area contributed by atoms with Gasteiger partial charge in [-0.2, -0.15) is 0 Å². The fraction of sp³-hybridized carbons (Fsp3) is 0.286. The molecule has 0 radical (unpaired) electrons. The monoisotopic (exact) mass is 443 g/mol. The minimum atomic E-state index is -0.663. The summed E-state index contributed by atoms with van der Waals surface area (Å²) >= 11 is 3.45. The number of hydrogen-bond donors (Lipinski definition) is 1. The molecule has 0 saturated carbocycles. The highest BCUT2D eigenvalue weighted by atomic mass is 79.9. The summed E-state index contributed by atoms with van der Waals surface area (Å²) in [6.45, 7) is 1.21. The summed E-state index contributed by atoms with van der Waals surface area (Å²) in [4.78, 5) is 33.2. The van der Waals surface area contributed by atoms with Gasteiger partial charge in [-0.15, -0.1) is 0 Å². The summed E-state index contributed by atoms with van der Waals surface area (Å²) in [7, 11) is 3.92. The van der Waals surface area contributed by atoms with Crippen molar-refractivity contribution < 1.29 is 14.7 Å². The topological polar surface area (TPSA) is 73.7 Å². The molecule has 146 valence electrons. The molecule has 1 aliphatic rings. The van der Waals surface area contributed by atoms with Gasteiger partial charge in [0.1, 0.15) is 5.76 Å². The molecule has 1 aliphatic heterocycles. The number of hydrogen-bond acceptors (Lipinski definition) is 5. The molecule has 1 aromatic heterocycles. The van der Waals surface area contributed by atoms with Gasteiger partial charge in [0, 0.05) is 29.0 Å². The van der Waals surface area contributed by atoms with Crippen LogP contribution in [0.15, 0.2) is 58.8 Å². The molecule has 7 heteroatoms. The Morgan fingerprint density at radius 3 is 2.57 bits per heavy atom. The first-order chi connectivity index (χ1) is 13.4. The lowest BCUT2D eigenvalue weighted by Crippen LogP contribution is -2.32. The maximum atomic E-state index is 12.8. The van der Waals surface area contributed by atoms with Crippen molar-refractivity contribution in [2.75, 3.05) is 27.2 Å². The van der Waals surface area contributed by atoms with E-state index in [0.717, 1.165) is 23.0 Å². The lowest BCUT2D eigenvalue weighted by Gasteiger charge is -2.26. The molecule has 2 aromatic rings. The van der Waals surface area contributed by atoms with Crippen molar-refractivity contribution >= 4 is 33.4 Å². The van der Waals surface area contributed by atoms with Gasteiger partial charge in [-0.05, 0) is 56.9 Å². The normalized spacial score (nSPS) is 18.9. The molecule has 1 saturated heterocycles. The van der Waals surface area contributed by atoms with Gasteiger partial charge < -0.3 is 14.9 Å². The smallest absolute Gasteiger partial charge is 0.295 e. The number of aliphatic hydroxyl groups is 1. The molecule has 0 spiro atoms. The van der Waals surface area contributed by atoms with E-state index in [1.165, 1.54) is 12.4 Å². The van der Waals surface area contributed by atoms with E-state index in [4.69, 9.17) is 0 Å². The SMILES string of the molecule is CN(C)CCCN1C(=O)C(=O)C(=C(O)c2ccncc2)[C@@H]1c1cccc(Br)c1. The van der Waals surface area contributed by atoms with Crippen LogP contribution in [0.3, 0.4) is 0 Å². The molecule has 3 rings (SSSR count). The van der Waals surface area contributed by atoms with E-state index in [-0.39, 0.29) is 11.3 Å². The number of pyridine rings is 1. The summed E-state index contributed by atoms with van der Waals surface area (Å²) in [5.41, 5.74) is 1.34. The van der Waals surface area contributed by atoms with Gasteiger partial charge in [0.15, 0.2) is 0 Å². The molecule has 1 fully saturated rings. The number of rotatable bonds is 6. The average molecular weight is 444 g/mol. The fourth-order valence-corrected chi connectivity index (χ4v) is 3.77. The number of ketones is 1. The predicted octanol–water partition coefficient (Wildman–Crippen LogP) is 3.22. The minimum absolute atomic E-state index is 0.110. The fourth-order valence-electron chi connectivity index (χ4n) is 3.36. The quantitative estimate of drug-likeness (QED) is 0.421. The Hall–Kier alpha value is -2.51. The van der Waals surface area contributed by atoms with Crippen LogP contribution in [0.5, 0.6) is 0 Å². The van der Waals surface area contributed by atoms with Crippen molar-refractivity contribution in [3.05, 3.63) is 70.0 Å². The highest BCUT2D eigenvalue weighted by Crippen LogP contribution is 2.39. The van der Waals surface area contributed by atoms with Crippen LogP contribution in [0, 0.1) is 0 Å². The van der Waals surface area contributed by atoms with Crippen LogP contribution < -0.4 is 0 Å². The Morgan fingerprint density at radius 1 is 1.21 bits per heavy atom. The second-order valence-electron chi connectivity index (χ2n) is 6.94. The number of carbonyl (C=O) groups is 2. The summed E-state index contributed by atoms with van der Waals surface area (Å²) < 4.78 is 0.841. The molecular weight excluding hydrogens is 422 g/mol. The summed E-state index contributed by atoms with van der Waals surface area (Å²) in [6.07, 6.45) is 3.80. The van der Waals surface area contributed by atoms with Gasteiger partial charge in [0.2, 0.25) is 0 Å². The van der Waals surface area contributed by atoms with Gasteiger partial charge in [0.05, 0.1) is 11.6 Å². The van der Waals surface area contributed by atoms with Crippen LogP contribution in [-0.2, 0) is 9.59 Å². The third kappa shape index (κ3) is 4.15. The van der Waals surface area contributed by atoms with E-state index in [1.54, 1.807) is 17.0 Å². The minimum Gasteiger partial charge on any atom is -0.507 e. The first kappa shape index (κ1) is 20.2. The third-order valence-electron chi connectivity index (χ3n) is 4.66. The number of nitrogens with zero attached hydrogens (tertiary/aromatic N) is 3. The molecular formula is C21H22BrN3O3. The largest absolute Gasteiger partial charge is 0.507 e. The highest BCUT2D eigenvalue weighted by Gasteiger charge is 2.45. The van der Waals surface area contributed by atoms with Gasteiger partial charge in [-0.25, -0.2) is 0 Å². The summed E-state index contributed by atoms with van der Waals surface area (Å²) in [5.74, 6) is -1.43. The van der Waals surface area contributed by atoms with Crippen LogP contribution in [0.25, 0.3) is 5.76 Å². The van der Waals surface area contributed by atoms with E-state index >= 15 is 0 Å². The molecule has 1 aromatic carbocycles. The maximum Gasteiger partial charge on any atom is 0.295 e. The number of likely N-dealkylation sites (tertiary alicyclic amines) is 1. The molecule has 1 amide bonds. The van der Waals surface area contributed by atoms with Gasteiger partial charge in [-0.3, -0.25) is 14.6 Å². The van der Waals surface area contributed by atoms with Crippen molar-refractivity contribution in [3.63, 3.8) is 0 Å². The van der Waals surface area contributed by atoms with E-state index in [0.29, 0.717) is 12.1 Å². The second-order valence-corrected chi connectivity index (χ2v) is 7.86. The standard InChI is InChI=1S/C21H22BrN3O3/c1-24(2)11-4-12-25-18(15-5-3-6-16(22)13-15)17(20(27)21(25)28)19(26)14-7-9-23-10-8-14/h3,5-10,13,18,26H,4,11-12H2,1-2H3/t18-/m0/s1. The van der Waals surface area contributed by atoms with Crippen molar-refractivity contribution in [2.45, 2.75) is 12.5 Å². The van der Waals surface area contributed by atoms with Crippen LogP contribution >= 0.6 is 15.9 Å². The van der Waals surface area contributed by atoms with Gasteiger partial charge >= 0.3 is 0 Å². The second kappa shape index (κ2) is 8.67. The Bertz CT molecular complexity index is 912. The zero-order chi connectivity index (χ0) is 20.3. The van der Waals surface area contributed by atoms with Crippen LogP contribution in [0.2, 0.25) is 0 Å². The number of amides is 1. The van der Waals surface area contributed by atoms with Gasteiger partial charge in [-0.1, -0.05) is 28.1 Å². The highest BCUT2D eigenvalue weighted by molar-refractivity contribution is 9.10. The van der Waals surface area contributed by atoms with Crippen LogP contribution in [0.1, 0.15) is 23.6 Å². The molecule has 1 N–H and O–H groups in total. The van der Waals surface area contributed by atoms with E-state index < -0.39 is 17.7 Å². The molecule has 28 heavy (non-hydrogen) atoms. The Labute approximate surface area is 172 Å². The Balaban J connectivity index is 2.08. The van der Waals surface area contributed by atoms with Crippen molar-refractivity contribution in [1.29, 1.82) is 0 Å². The van der Waals surface area contributed by atoms with Crippen molar-refractivity contribution in [3.8, 4) is 0 Å². The number of aliphatic hydroxyl groups excluding tert-OH is 1. The number of benzene rings is 1. The molecule has 6 nitrogen and oxygen atoms in total. The molecule has 0 bridgehead atoms. The average Bonchev–Trinajstić information content (AvgIpc) is 2.93. The summed E-state index contributed by atoms with van der Waals surface area (Å²) in [6, 6.07) is 10.1. The van der Waals surface area contributed by atoms with Gasteiger partial charge in [0.25, 0.3) is 11.7 Å². The first-order valence-electron chi connectivity index (χ1n) is 8.99. The number of carbonyl (C=O) groups excluding carboxylic acids is 2. The molecule has 0 unspecified atom stereocenters. The number of halogens is 1. The maximum absolute atomic E-state index is 12.8. The van der Waals surface area contributed by atoms with Crippen LogP contribution in [-0.4, -0.2) is 58.8 Å². The van der Waals surface area contributed by atoms with E-state index in [1.807, 2.05) is 43.3 Å². The Morgan fingerprint density at radius 2 is 1.93 bits per heavy atom. The Kier molecular flexibility index (Phi) is 6.26. The van der Waals surface area contributed by atoms with Crippen molar-refractivity contribution in [1.82, 2.24) is 14.8 Å². The first-order valence-corrected chi connectivity index (χ1v) is 9.78. The zero-order valence-corrected chi connectivity index (χ0v) is 17.4.